The number of nitrogens with zero attached hydrogens (tertiary/aromatic N) is 2. The van der Waals surface area contributed by atoms with Crippen LogP contribution in [0.25, 0.3) is 5.69 Å². The molecule has 1 aromatic carbocycles. The van der Waals surface area contributed by atoms with Crippen LogP contribution in [0.5, 0.6) is 0 Å². The Morgan fingerprint density at radius 2 is 2.05 bits per heavy atom. The van der Waals surface area contributed by atoms with Crippen molar-refractivity contribution in [1.29, 1.82) is 0 Å². The third-order valence-electron chi connectivity index (χ3n) is 2.82. The van der Waals surface area contributed by atoms with Crippen molar-refractivity contribution in [2.45, 2.75) is 13.5 Å². The summed E-state index contributed by atoms with van der Waals surface area (Å²) >= 11 is 0. The van der Waals surface area contributed by atoms with Gasteiger partial charge in [0, 0.05) is 24.9 Å². The first-order chi connectivity index (χ1) is 10.2. The molecule has 21 heavy (non-hydrogen) atoms. The molecule has 0 N–H and O–H groups in total. The molecular weight excluding hydrogens is 272 g/mol. The number of para-hydroxylation sites is 1. The summed E-state index contributed by atoms with van der Waals surface area (Å²) in [6, 6.07) is 8.75. The van der Waals surface area contributed by atoms with Crippen LogP contribution in [0, 0.1) is 0 Å². The fourth-order valence-electron chi connectivity index (χ4n) is 1.89. The Bertz CT molecular complexity index is 694. The summed E-state index contributed by atoms with van der Waals surface area (Å²) in [5.41, 5.74) is 0.941. The quantitative estimate of drug-likeness (QED) is 0.781. The van der Waals surface area contributed by atoms with Crippen molar-refractivity contribution in [2.24, 2.45) is 0 Å². The largest absolute Gasteiger partial charge is 0.461 e. The molecule has 0 amide bonds. The van der Waals surface area contributed by atoms with Gasteiger partial charge in [-0.15, -0.1) is 0 Å². The molecule has 110 valence electrons. The van der Waals surface area contributed by atoms with Gasteiger partial charge < -0.3 is 9.47 Å². The first kappa shape index (κ1) is 14.9. The van der Waals surface area contributed by atoms with E-state index in [2.05, 4.69) is 5.10 Å². The van der Waals surface area contributed by atoms with E-state index in [1.54, 1.807) is 14.0 Å². The maximum atomic E-state index is 11.7. The normalized spacial score (nSPS) is 10.4. The first-order valence-corrected chi connectivity index (χ1v) is 6.51. The Labute approximate surface area is 121 Å². The van der Waals surface area contributed by atoms with Crippen molar-refractivity contribution in [3.63, 3.8) is 0 Å². The van der Waals surface area contributed by atoms with Gasteiger partial charge in [-0.05, 0) is 13.0 Å². The minimum atomic E-state index is -0.721. The van der Waals surface area contributed by atoms with Crippen LogP contribution >= 0.6 is 0 Å². The minimum absolute atomic E-state index is 0.190. The van der Waals surface area contributed by atoms with Crippen molar-refractivity contribution >= 4 is 5.97 Å². The summed E-state index contributed by atoms with van der Waals surface area (Å²) in [6.07, 6.45) is 1.51. The Morgan fingerprint density at radius 1 is 1.29 bits per heavy atom. The van der Waals surface area contributed by atoms with Crippen LogP contribution in [0.4, 0.5) is 0 Å². The summed E-state index contributed by atoms with van der Waals surface area (Å²) in [5, 5.41) is 4.08. The van der Waals surface area contributed by atoms with Gasteiger partial charge in [-0.25, -0.2) is 9.48 Å². The molecule has 0 aliphatic carbocycles. The van der Waals surface area contributed by atoms with Crippen LogP contribution in [0.15, 0.2) is 41.3 Å². The highest BCUT2D eigenvalue weighted by molar-refractivity contribution is 5.86. The van der Waals surface area contributed by atoms with E-state index in [0.717, 1.165) is 11.3 Å². The number of carbonyl (C=O) groups excluding carboxylic acids is 1. The van der Waals surface area contributed by atoms with Gasteiger partial charge in [-0.2, -0.15) is 5.10 Å². The summed E-state index contributed by atoms with van der Waals surface area (Å²) < 4.78 is 11.4. The molecule has 0 fully saturated rings. The SMILES string of the molecule is CCOC(=O)c1nn(-c2ccccc2COC)ccc1=O. The highest BCUT2D eigenvalue weighted by atomic mass is 16.5. The van der Waals surface area contributed by atoms with E-state index in [9.17, 15) is 9.59 Å². The number of carbonyl (C=O) groups is 1. The molecule has 0 aliphatic rings. The zero-order valence-corrected chi connectivity index (χ0v) is 11.9. The standard InChI is InChI=1S/C15H16N2O4/c1-3-21-15(19)14-13(18)8-9-17(16-14)12-7-5-4-6-11(12)10-20-2/h4-9H,3,10H2,1-2H3. The molecule has 6 nitrogen and oxygen atoms in total. The number of rotatable bonds is 5. The number of esters is 1. The molecule has 6 heteroatoms. The van der Waals surface area contributed by atoms with Gasteiger partial charge in [0.05, 0.1) is 18.9 Å². The number of ether oxygens (including phenoxy) is 2. The van der Waals surface area contributed by atoms with Crippen molar-refractivity contribution in [3.8, 4) is 5.69 Å². The highest BCUT2D eigenvalue weighted by Gasteiger charge is 2.15. The second-order valence-corrected chi connectivity index (χ2v) is 4.26. The Kier molecular flexibility index (Phi) is 4.84. The lowest BCUT2D eigenvalue weighted by atomic mass is 10.2. The average molecular weight is 288 g/mol. The number of aromatic nitrogens is 2. The van der Waals surface area contributed by atoms with E-state index in [-0.39, 0.29) is 12.3 Å². The maximum Gasteiger partial charge on any atom is 0.362 e. The van der Waals surface area contributed by atoms with E-state index in [1.165, 1.54) is 16.9 Å². The van der Waals surface area contributed by atoms with Crippen LogP contribution in [-0.2, 0) is 16.1 Å². The molecule has 0 spiro atoms. The van der Waals surface area contributed by atoms with Gasteiger partial charge in [0.25, 0.3) is 0 Å². The van der Waals surface area contributed by atoms with Gasteiger partial charge in [0.2, 0.25) is 11.1 Å². The van der Waals surface area contributed by atoms with Gasteiger partial charge in [-0.3, -0.25) is 4.79 Å². The molecule has 0 bridgehead atoms. The fraction of sp³-hybridized carbons (Fsp3) is 0.267. The summed E-state index contributed by atoms with van der Waals surface area (Å²) in [4.78, 5) is 23.5. The van der Waals surface area contributed by atoms with Crippen LogP contribution in [-0.4, -0.2) is 29.5 Å². The highest BCUT2D eigenvalue weighted by Crippen LogP contribution is 2.13. The Morgan fingerprint density at radius 3 is 2.76 bits per heavy atom. The Balaban J connectivity index is 2.48. The number of benzene rings is 1. The minimum Gasteiger partial charge on any atom is -0.461 e. The second-order valence-electron chi connectivity index (χ2n) is 4.26. The van der Waals surface area contributed by atoms with Crippen molar-refractivity contribution in [2.75, 3.05) is 13.7 Å². The summed E-state index contributed by atoms with van der Waals surface area (Å²) in [5.74, 6) is -0.721. The van der Waals surface area contributed by atoms with E-state index < -0.39 is 11.4 Å². The van der Waals surface area contributed by atoms with Gasteiger partial charge in [0.15, 0.2) is 0 Å². The molecule has 2 aromatic rings. The van der Waals surface area contributed by atoms with E-state index in [0.29, 0.717) is 6.61 Å². The maximum absolute atomic E-state index is 11.7. The molecule has 0 saturated carbocycles. The van der Waals surface area contributed by atoms with E-state index in [1.807, 2.05) is 24.3 Å². The zero-order chi connectivity index (χ0) is 15.2. The molecular formula is C15H16N2O4. The summed E-state index contributed by atoms with van der Waals surface area (Å²) in [7, 11) is 1.60. The van der Waals surface area contributed by atoms with Gasteiger partial charge in [0.1, 0.15) is 0 Å². The van der Waals surface area contributed by atoms with Gasteiger partial charge in [-0.1, -0.05) is 18.2 Å². The van der Waals surface area contributed by atoms with Crippen LogP contribution in [0.1, 0.15) is 23.0 Å². The van der Waals surface area contributed by atoms with Crippen molar-refractivity contribution < 1.29 is 14.3 Å². The van der Waals surface area contributed by atoms with Crippen LogP contribution in [0.3, 0.4) is 0 Å². The number of hydrogen-bond acceptors (Lipinski definition) is 5. The molecule has 0 radical (unpaired) electrons. The smallest absolute Gasteiger partial charge is 0.362 e. The third kappa shape index (κ3) is 3.35. The predicted octanol–water partition coefficient (Wildman–Crippen LogP) is 1.56. The molecule has 1 aromatic heterocycles. The second kappa shape index (κ2) is 6.81. The van der Waals surface area contributed by atoms with E-state index in [4.69, 9.17) is 9.47 Å². The fourth-order valence-corrected chi connectivity index (χ4v) is 1.89. The average Bonchev–Trinajstić information content (AvgIpc) is 2.49. The van der Waals surface area contributed by atoms with Crippen molar-refractivity contribution in [3.05, 3.63) is 58.0 Å². The van der Waals surface area contributed by atoms with Gasteiger partial charge >= 0.3 is 5.97 Å². The summed E-state index contributed by atoms with van der Waals surface area (Å²) in [6.45, 7) is 2.26. The van der Waals surface area contributed by atoms with Crippen LogP contribution < -0.4 is 5.43 Å². The molecule has 0 atom stereocenters. The van der Waals surface area contributed by atoms with Crippen molar-refractivity contribution in [1.82, 2.24) is 9.78 Å². The molecule has 0 unspecified atom stereocenters. The number of methoxy groups -OCH3 is 1. The zero-order valence-electron chi connectivity index (χ0n) is 11.9. The first-order valence-electron chi connectivity index (χ1n) is 6.51. The Hall–Kier alpha value is -2.47. The van der Waals surface area contributed by atoms with E-state index >= 15 is 0 Å². The lowest BCUT2D eigenvalue weighted by molar-refractivity contribution is 0.0515. The predicted molar refractivity (Wildman–Crippen MR) is 76.5 cm³/mol. The molecule has 0 aliphatic heterocycles. The topological polar surface area (TPSA) is 70.4 Å². The van der Waals surface area contributed by atoms with Crippen LogP contribution in [0.2, 0.25) is 0 Å². The lowest BCUT2D eigenvalue weighted by Crippen LogP contribution is -2.22. The molecule has 1 heterocycles. The molecule has 2 rings (SSSR count). The lowest BCUT2D eigenvalue weighted by Gasteiger charge is -2.11. The third-order valence-corrected chi connectivity index (χ3v) is 2.82. The molecule has 0 saturated heterocycles. The monoisotopic (exact) mass is 288 g/mol. The number of hydrogen-bond donors (Lipinski definition) is 0.